The first-order valence-electron chi connectivity index (χ1n) is 9.94. The summed E-state index contributed by atoms with van der Waals surface area (Å²) in [5.41, 5.74) is 2.05. The molecule has 8 heteroatoms. The predicted molar refractivity (Wildman–Crippen MR) is 115 cm³/mol. The summed E-state index contributed by atoms with van der Waals surface area (Å²) in [6.07, 6.45) is 0.751. The number of carbonyl (C=O) groups is 3. The van der Waals surface area contributed by atoms with Crippen molar-refractivity contribution in [3.63, 3.8) is 0 Å². The quantitative estimate of drug-likeness (QED) is 0.651. The van der Waals surface area contributed by atoms with Gasteiger partial charge in [-0.3, -0.25) is 9.59 Å². The molecule has 0 saturated carbocycles. The van der Waals surface area contributed by atoms with Crippen molar-refractivity contribution in [2.24, 2.45) is 5.92 Å². The Hall–Kier alpha value is -3.55. The Morgan fingerprint density at radius 3 is 2.45 bits per heavy atom. The lowest BCUT2D eigenvalue weighted by Gasteiger charge is -2.20. The van der Waals surface area contributed by atoms with Crippen molar-refractivity contribution in [2.45, 2.75) is 12.8 Å². The van der Waals surface area contributed by atoms with E-state index < -0.39 is 5.92 Å². The normalized spacial score (nSPS) is 15.5. The Bertz CT molecular complexity index is 957. The Morgan fingerprint density at radius 2 is 1.81 bits per heavy atom. The highest BCUT2D eigenvalue weighted by atomic mass is 16.5. The molecule has 8 nitrogen and oxygen atoms in total. The maximum absolute atomic E-state index is 12.6. The van der Waals surface area contributed by atoms with E-state index in [9.17, 15) is 14.4 Å². The first-order valence-corrected chi connectivity index (χ1v) is 9.94. The van der Waals surface area contributed by atoms with Gasteiger partial charge in [-0.1, -0.05) is 12.1 Å². The number of benzene rings is 2. The Kier molecular flexibility index (Phi) is 7.12. The van der Waals surface area contributed by atoms with Crippen LogP contribution in [0.1, 0.15) is 22.3 Å². The molecule has 1 fully saturated rings. The average Bonchev–Trinajstić information content (AvgIpc) is 3.20. The second kappa shape index (κ2) is 9.97. The van der Waals surface area contributed by atoms with Crippen LogP contribution in [0.3, 0.4) is 0 Å². The van der Waals surface area contributed by atoms with Gasteiger partial charge in [0.25, 0.3) is 0 Å². The van der Waals surface area contributed by atoms with Gasteiger partial charge in [-0.05, 0) is 36.2 Å². The molecule has 1 saturated heterocycles. The summed E-state index contributed by atoms with van der Waals surface area (Å²) in [6, 6.07) is 12.3. The third kappa shape index (κ3) is 5.14. The van der Waals surface area contributed by atoms with Crippen LogP contribution in [0.2, 0.25) is 0 Å². The summed E-state index contributed by atoms with van der Waals surface area (Å²) >= 11 is 0. The van der Waals surface area contributed by atoms with Crippen LogP contribution < -0.4 is 19.7 Å². The van der Waals surface area contributed by atoms with Crippen molar-refractivity contribution < 1.29 is 28.6 Å². The van der Waals surface area contributed by atoms with Gasteiger partial charge in [0.05, 0.1) is 38.5 Å². The number of hydrogen-bond acceptors (Lipinski definition) is 6. The number of nitrogens with zero attached hydrogens (tertiary/aromatic N) is 1. The molecule has 1 atom stereocenters. The minimum atomic E-state index is -0.440. The van der Waals surface area contributed by atoms with Gasteiger partial charge < -0.3 is 24.4 Å². The van der Waals surface area contributed by atoms with Crippen LogP contribution in [0.25, 0.3) is 0 Å². The zero-order valence-corrected chi connectivity index (χ0v) is 17.8. The van der Waals surface area contributed by atoms with E-state index >= 15 is 0 Å². The van der Waals surface area contributed by atoms with Crippen LogP contribution in [0.5, 0.6) is 11.5 Å². The first kappa shape index (κ1) is 22.1. The molecule has 3 rings (SSSR count). The Balaban J connectivity index is 1.56. The molecule has 164 valence electrons. The number of anilines is 1. The molecule has 0 aliphatic carbocycles. The van der Waals surface area contributed by atoms with Crippen molar-refractivity contribution in [3.05, 3.63) is 53.6 Å². The number of esters is 1. The highest BCUT2D eigenvalue weighted by Crippen LogP contribution is 2.36. The topological polar surface area (TPSA) is 94.2 Å². The SMILES string of the molecule is COC(=O)c1ccc(CCNC(=O)C2CC(=O)N(c3cc(OC)ccc3OC)C2)cc1. The molecule has 2 amide bonds. The van der Waals surface area contributed by atoms with Crippen molar-refractivity contribution in [1.82, 2.24) is 5.32 Å². The van der Waals surface area contributed by atoms with Gasteiger partial charge in [0.2, 0.25) is 11.8 Å². The van der Waals surface area contributed by atoms with Crippen molar-refractivity contribution >= 4 is 23.5 Å². The molecule has 31 heavy (non-hydrogen) atoms. The summed E-state index contributed by atoms with van der Waals surface area (Å²) in [6.45, 7) is 0.714. The maximum atomic E-state index is 12.6. The zero-order valence-electron chi connectivity index (χ0n) is 17.8. The Morgan fingerprint density at radius 1 is 1.06 bits per heavy atom. The lowest BCUT2D eigenvalue weighted by Crippen LogP contribution is -2.34. The largest absolute Gasteiger partial charge is 0.497 e. The van der Waals surface area contributed by atoms with Crippen LogP contribution in [-0.2, 0) is 20.7 Å². The van der Waals surface area contributed by atoms with Crippen LogP contribution in [0.4, 0.5) is 5.69 Å². The standard InChI is InChI=1S/C23H26N2O6/c1-29-18-8-9-20(30-2)19(13-18)25-14-17(12-21(25)26)22(27)24-11-10-15-4-6-16(7-5-15)23(28)31-3/h4-9,13,17H,10-12,14H2,1-3H3,(H,24,27). The average molecular weight is 426 g/mol. The molecule has 2 aromatic rings. The van der Waals surface area contributed by atoms with E-state index in [1.54, 1.807) is 42.3 Å². The van der Waals surface area contributed by atoms with Gasteiger partial charge in [-0.15, -0.1) is 0 Å². The van der Waals surface area contributed by atoms with E-state index in [2.05, 4.69) is 10.1 Å². The molecule has 1 unspecified atom stereocenters. The second-order valence-corrected chi connectivity index (χ2v) is 7.17. The fourth-order valence-electron chi connectivity index (χ4n) is 3.52. The number of methoxy groups -OCH3 is 3. The molecule has 1 N–H and O–H groups in total. The summed E-state index contributed by atoms with van der Waals surface area (Å²) in [7, 11) is 4.43. The van der Waals surface area contributed by atoms with Crippen LogP contribution in [-0.4, -0.2) is 52.2 Å². The third-order valence-electron chi connectivity index (χ3n) is 5.26. The number of nitrogens with one attached hydrogen (secondary N) is 1. The number of hydrogen-bond donors (Lipinski definition) is 1. The van der Waals surface area contributed by atoms with Crippen LogP contribution >= 0.6 is 0 Å². The van der Waals surface area contributed by atoms with Gasteiger partial charge in [0.1, 0.15) is 11.5 Å². The van der Waals surface area contributed by atoms with Crippen molar-refractivity contribution in [2.75, 3.05) is 39.3 Å². The molecule has 0 spiro atoms. The molecule has 0 aromatic heterocycles. The summed E-state index contributed by atoms with van der Waals surface area (Å²) in [5, 5.41) is 2.90. The molecule has 0 radical (unpaired) electrons. The maximum Gasteiger partial charge on any atom is 0.337 e. The minimum absolute atomic E-state index is 0.134. The summed E-state index contributed by atoms with van der Waals surface area (Å²) in [5.74, 6) is 0.0300. The van der Waals surface area contributed by atoms with Gasteiger partial charge in [0, 0.05) is 25.6 Å². The minimum Gasteiger partial charge on any atom is -0.497 e. The van der Waals surface area contributed by atoms with Gasteiger partial charge in [0.15, 0.2) is 0 Å². The predicted octanol–water partition coefficient (Wildman–Crippen LogP) is 2.20. The van der Waals surface area contributed by atoms with E-state index in [1.165, 1.54) is 14.2 Å². The fourth-order valence-corrected chi connectivity index (χ4v) is 3.52. The molecular formula is C23H26N2O6. The molecule has 1 aliphatic rings. The number of rotatable bonds is 8. The highest BCUT2D eigenvalue weighted by Gasteiger charge is 2.36. The smallest absolute Gasteiger partial charge is 0.337 e. The lowest BCUT2D eigenvalue weighted by atomic mass is 10.1. The molecule has 2 aromatic carbocycles. The summed E-state index contributed by atoms with van der Waals surface area (Å²) < 4.78 is 15.3. The van der Waals surface area contributed by atoms with Crippen LogP contribution in [0.15, 0.2) is 42.5 Å². The molecule has 1 aliphatic heterocycles. The van der Waals surface area contributed by atoms with Crippen LogP contribution in [0, 0.1) is 5.92 Å². The van der Waals surface area contributed by atoms with E-state index in [4.69, 9.17) is 9.47 Å². The molecule has 0 bridgehead atoms. The van der Waals surface area contributed by atoms with Gasteiger partial charge in [-0.2, -0.15) is 0 Å². The number of amides is 2. The summed E-state index contributed by atoms with van der Waals surface area (Å²) in [4.78, 5) is 38.2. The number of ether oxygens (including phenoxy) is 3. The van der Waals surface area contributed by atoms with Gasteiger partial charge >= 0.3 is 5.97 Å². The van der Waals surface area contributed by atoms with Crippen molar-refractivity contribution in [3.8, 4) is 11.5 Å². The number of carbonyl (C=O) groups excluding carboxylic acids is 3. The second-order valence-electron chi connectivity index (χ2n) is 7.17. The highest BCUT2D eigenvalue weighted by molar-refractivity contribution is 6.01. The monoisotopic (exact) mass is 426 g/mol. The third-order valence-corrected chi connectivity index (χ3v) is 5.26. The van der Waals surface area contributed by atoms with E-state index in [0.29, 0.717) is 35.7 Å². The van der Waals surface area contributed by atoms with E-state index in [1.807, 2.05) is 12.1 Å². The fraction of sp³-hybridized carbons (Fsp3) is 0.348. The van der Waals surface area contributed by atoms with Crippen molar-refractivity contribution in [1.29, 1.82) is 0 Å². The van der Waals surface area contributed by atoms with Gasteiger partial charge in [-0.25, -0.2) is 4.79 Å². The zero-order chi connectivity index (χ0) is 22.4. The lowest BCUT2D eigenvalue weighted by molar-refractivity contribution is -0.126. The van der Waals surface area contributed by atoms with E-state index in [0.717, 1.165) is 5.56 Å². The Labute approximate surface area is 181 Å². The molecule has 1 heterocycles. The van der Waals surface area contributed by atoms with E-state index in [-0.39, 0.29) is 30.7 Å². The first-order chi connectivity index (χ1) is 15.0. The molecular weight excluding hydrogens is 400 g/mol.